The molecular formula is C16H10ClF4NO3S. The maximum atomic E-state index is 14.3. The standard InChI is InChI=1S/C16H10ClF4NO3S/c1-15(23,16(19,20)21)10-3-5-14(12(18)7-10)26(24,25)13-4-2-9(8-22)6-11(13)17/h2-7,23H,1H3. The molecule has 0 spiro atoms. The van der Waals surface area contributed by atoms with Crippen LogP contribution in [0.15, 0.2) is 46.2 Å². The number of nitrogens with zero attached hydrogens (tertiary/aromatic N) is 1. The van der Waals surface area contributed by atoms with E-state index in [-0.39, 0.29) is 10.6 Å². The van der Waals surface area contributed by atoms with E-state index >= 15 is 0 Å². The smallest absolute Gasteiger partial charge is 0.376 e. The van der Waals surface area contributed by atoms with Crippen molar-refractivity contribution in [2.75, 3.05) is 0 Å². The number of rotatable bonds is 3. The largest absolute Gasteiger partial charge is 0.421 e. The van der Waals surface area contributed by atoms with Gasteiger partial charge in [0.25, 0.3) is 0 Å². The third kappa shape index (κ3) is 3.40. The van der Waals surface area contributed by atoms with Crippen molar-refractivity contribution in [1.82, 2.24) is 0 Å². The number of hydrogen-bond donors (Lipinski definition) is 1. The molecule has 0 saturated carbocycles. The van der Waals surface area contributed by atoms with Gasteiger partial charge in [-0.2, -0.15) is 18.4 Å². The van der Waals surface area contributed by atoms with Crippen LogP contribution < -0.4 is 0 Å². The number of aliphatic hydroxyl groups is 1. The lowest BCUT2D eigenvalue weighted by molar-refractivity contribution is -0.258. The van der Waals surface area contributed by atoms with Crippen LogP contribution in [-0.2, 0) is 15.4 Å². The van der Waals surface area contributed by atoms with Crippen LogP contribution in [0.1, 0.15) is 18.1 Å². The van der Waals surface area contributed by atoms with E-state index < -0.39 is 42.8 Å². The van der Waals surface area contributed by atoms with Gasteiger partial charge in [-0.1, -0.05) is 17.7 Å². The second-order valence-electron chi connectivity index (χ2n) is 5.48. The van der Waals surface area contributed by atoms with Gasteiger partial charge in [0.05, 0.1) is 21.6 Å². The molecule has 2 aromatic rings. The summed E-state index contributed by atoms with van der Waals surface area (Å²) in [5.41, 5.74) is -4.14. The molecule has 0 radical (unpaired) electrons. The molecule has 0 aromatic heterocycles. The first-order valence-electron chi connectivity index (χ1n) is 6.86. The molecule has 0 heterocycles. The van der Waals surface area contributed by atoms with Gasteiger partial charge in [0.15, 0.2) is 5.60 Å². The Morgan fingerprint density at radius 3 is 2.15 bits per heavy atom. The summed E-state index contributed by atoms with van der Waals surface area (Å²) in [4.78, 5) is -1.42. The molecular weight excluding hydrogens is 398 g/mol. The normalized spacial score (nSPS) is 14.5. The van der Waals surface area contributed by atoms with E-state index in [0.29, 0.717) is 25.1 Å². The van der Waals surface area contributed by atoms with Gasteiger partial charge in [-0.15, -0.1) is 0 Å². The zero-order valence-electron chi connectivity index (χ0n) is 13.0. The zero-order chi connectivity index (χ0) is 19.9. The van der Waals surface area contributed by atoms with Crippen LogP contribution in [0.5, 0.6) is 0 Å². The quantitative estimate of drug-likeness (QED) is 0.781. The fourth-order valence-electron chi connectivity index (χ4n) is 2.09. The molecule has 10 heteroatoms. The average molecular weight is 408 g/mol. The molecule has 26 heavy (non-hydrogen) atoms. The fourth-order valence-corrected chi connectivity index (χ4v) is 3.94. The van der Waals surface area contributed by atoms with Gasteiger partial charge in [0, 0.05) is 0 Å². The topological polar surface area (TPSA) is 78.2 Å². The summed E-state index contributed by atoms with van der Waals surface area (Å²) >= 11 is 5.82. The zero-order valence-corrected chi connectivity index (χ0v) is 14.5. The van der Waals surface area contributed by atoms with E-state index in [2.05, 4.69) is 0 Å². The van der Waals surface area contributed by atoms with Crippen molar-refractivity contribution < 1.29 is 31.1 Å². The summed E-state index contributed by atoms with van der Waals surface area (Å²) < 4.78 is 77.9. The Morgan fingerprint density at radius 2 is 1.69 bits per heavy atom. The number of halogens is 5. The summed E-state index contributed by atoms with van der Waals surface area (Å²) in [6, 6.07) is 6.55. The Balaban J connectivity index is 2.58. The van der Waals surface area contributed by atoms with E-state index in [0.717, 1.165) is 18.2 Å². The molecule has 2 rings (SSSR count). The predicted molar refractivity (Wildman–Crippen MR) is 83.6 cm³/mol. The maximum absolute atomic E-state index is 14.3. The minimum absolute atomic E-state index is 0.0750. The van der Waals surface area contributed by atoms with Crippen molar-refractivity contribution in [3.63, 3.8) is 0 Å². The highest BCUT2D eigenvalue weighted by atomic mass is 35.5. The highest BCUT2D eigenvalue weighted by Crippen LogP contribution is 2.39. The van der Waals surface area contributed by atoms with Crippen molar-refractivity contribution in [1.29, 1.82) is 5.26 Å². The highest BCUT2D eigenvalue weighted by Gasteiger charge is 2.51. The van der Waals surface area contributed by atoms with Crippen LogP contribution in [0.3, 0.4) is 0 Å². The third-order valence-corrected chi connectivity index (χ3v) is 5.96. The summed E-state index contributed by atoms with van der Waals surface area (Å²) in [6.45, 7) is 0.424. The fraction of sp³-hybridized carbons (Fsp3) is 0.188. The number of hydrogen-bond acceptors (Lipinski definition) is 4. The van der Waals surface area contributed by atoms with Crippen LogP contribution in [0, 0.1) is 17.1 Å². The van der Waals surface area contributed by atoms with E-state index in [4.69, 9.17) is 16.9 Å². The van der Waals surface area contributed by atoms with Crippen molar-refractivity contribution in [2.45, 2.75) is 28.5 Å². The lowest BCUT2D eigenvalue weighted by atomic mass is 9.95. The van der Waals surface area contributed by atoms with Gasteiger partial charge in [-0.3, -0.25) is 0 Å². The van der Waals surface area contributed by atoms with Crippen LogP contribution >= 0.6 is 11.6 Å². The van der Waals surface area contributed by atoms with Crippen LogP contribution in [0.25, 0.3) is 0 Å². The van der Waals surface area contributed by atoms with Crippen molar-refractivity contribution in [3.05, 3.63) is 58.4 Å². The molecule has 0 bridgehead atoms. The summed E-state index contributed by atoms with van der Waals surface area (Å²) in [7, 11) is -4.50. The highest BCUT2D eigenvalue weighted by molar-refractivity contribution is 7.91. The van der Waals surface area contributed by atoms with E-state index in [9.17, 15) is 31.1 Å². The monoisotopic (exact) mass is 407 g/mol. The third-order valence-electron chi connectivity index (χ3n) is 3.69. The number of benzene rings is 2. The van der Waals surface area contributed by atoms with Gasteiger partial charge in [-0.05, 0) is 42.8 Å². The second-order valence-corrected chi connectivity index (χ2v) is 7.77. The number of sulfone groups is 1. The molecule has 1 N–H and O–H groups in total. The van der Waals surface area contributed by atoms with Gasteiger partial charge in [-0.25, -0.2) is 12.8 Å². The molecule has 0 aliphatic rings. The molecule has 2 aromatic carbocycles. The maximum Gasteiger partial charge on any atom is 0.421 e. The second kappa shape index (κ2) is 6.54. The van der Waals surface area contributed by atoms with Crippen LogP contribution in [-0.4, -0.2) is 19.7 Å². The van der Waals surface area contributed by atoms with Gasteiger partial charge < -0.3 is 5.11 Å². The number of nitriles is 1. The molecule has 1 atom stereocenters. The summed E-state index contributed by atoms with van der Waals surface area (Å²) in [6.07, 6.45) is -5.09. The predicted octanol–water partition coefficient (Wildman–Crippen LogP) is 3.95. The van der Waals surface area contributed by atoms with Gasteiger partial charge in [0.1, 0.15) is 10.7 Å². The molecule has 0 saturated heterocycles. The summed E-state index contributed by atoms with van der Waals surface area (Å²) in [5, 5.41) is 18.0. The van der Waals surface area contributed by atoms with Crippen molar-refractivity contribution in [3.8, 4) is 6.07 Å². The SMILES string of the molecule is CC(O)(c1ccc(S(=O)(=O)c2ccc(C#N)cc2Cl)c(F)c1)C(F)(F)F. The molecule has 0 fully saturated rings. The van der Waals surface area contributed by atoms with E-state index in [1.807, 2.05) is 0 Å². The Bertz CT molecular complexity index is 1010. The van der Waals surface area contributed by atoms with Gasteiger partial charge >= 0.3 is 6.18 Å². The van der Waals surface area contributed by atoms with Crippen LogP contribution in [0.2, 0.25) is 5.02 Å². The Labute approximate surface area is 151 Å². The van der Waals surface area contributed by atoms with E-state index in [1.54, 1.807) is 6.07 Å². The molecule has 4 nitrogen and oxygen atoms in total. The van der Waals surface area contributed by atoms with Crippen molar-refractivity contribution >= 4 is 21.4 Å². The molecule has 138 valence electrons. The molecule has 0 amide bonds. The van der Waals surface area contributed by atoms with Crippen LogP contribution in [0.4, 0.5) is 17.6 Å². The lowest BCUT2D eigenvalue weighted by Crippen LogP contribution is -2.39. The first-order chi connectivity index (χ1) is 11.8. The van der Waals surface area contributed by atoms with E-state index in [1.165, 1.54) is 0 Å². The Kier molecular flexibility index (Phi) is 5.07. The Morgan fingerprint density at radius 1 is 1.12 bits per heavy atom. The Hall–Kier alpha value is -2.15. The molecule has 1 unspecified atom stereocenters. The average Bonchev–Trinajstić information content (AvgIpc) is 2.52. The summed E-state index contributed by atoms with van der Waals surface area (Å²) in [5.74, 6) is -1.48. The minimum Gasteiger partial charge on any atom is -0.376 e. The lowest BCUT2D eigenvalue weighted by Gasteiger charge is -2.26. The minimum atomic E-state index is -5.09. The van der Waals surface area contributed by atoms with Crippen molar-refractivity contribution in [2.24, 2.45) is 0 Å². The first-order valence-corrected chi connectivity index (χ1v) is 8.72. The first kappa shape index (κ1) is 20.2. The number of alkyl halides is 3. The molecule has 0 aliphatic carbocycles. The molecule has 0 aliphatic heterocycles. The van der Waals surface area contributed by atoms with Gasteiger partial charge in [0.2, 0.25) is 9.84 Å².